The van der Waals surface area contributed by atoms with Gasteiger partial charge in [-0.1, -0.05) is 38.3 Å². The summed E-state index contributed by atoms with van der Waals surface area (Å²) in [6.07, 6.45) is 3.64. The van der Waals surface area contributed by atoms with E-state index in [2.05, 4.69) is 37.2 Å². The highest BCUT2D eigenvalue weighted by molar-refractivity contribution is 9.12. The number of halogens is 2. The lowest BCUT2D eigenvalue weighted by atomic mass is 9.81. The highest BCUT2D eigenvalue weighted by Crippen LogP contribution is 2.60. The number of benzene rings is 1. The summed E-state index contributed by atoms with van der Waals surface area (Å²) >= 11 is 7.42. The topological polar surface area (TPSA) is 75.7 Å². The molecule has 2 saturated carbocycles. The van der Waals surface area contributed by atoms with Gasteiger partial charge in [0.25, 0.3) is 0 Å². The molecule has 31 heavy (non-hydrogen) atoms. The number of amides is 3. The van der Waals surface area contributed by atoms with Gasteiger partial charge in [-0.2, -0.15) is 0 Å². The van der Waals surface area contributed by atoms with E-state index in [1.54, 1.807) is 0 Å². The number of nitrogens with one attached hydrogen (secondary N) is 1. The van der Waals surface area contributed by atoms with Gasteiger partial charge in [0.2, 0.25) is 17.7 Å². The first-order valence-corrected chi connectivity index (χ1v) is 12.9. The molecule has 2 bridgehead atoms. The molecule has 6 unspecified atom stereocenters. The van der Waals surface area contributed by atoms with Crippen molar-refractivity contribution in [2.75, 3.05) is 18.5 Å². The predicted octanol–water partition coefficient (Wildman–Crippen LogP) is 4.36. The van der Waals surface area contributed by atoms with E-state index in [4.69, 9.17) is 4.74 Å². The van der Waals surface area contributed by atoms with Crippen LogP contribution in [0.3, 0.4) is 0 Å². The first kappa shape index (κ1) is 22.8. The quantitative estimate of drug-likeness (QED) is 0.279. The number of nitrogens with zero attached hydrogens (tertiary/aromatic N) is 1. The molecule has 3 aliphatic rings. The summed E-state index contributed by atoms with van der Waals surface area (Å²) in [6, 6.07) is 7.32. The Morgan fingerprint density at radius 3 is 2.23 bits per heavy atom. The average Bonchev–Trinajstić information content (AvgIpc) is 3.35. The Morgan fingerprint density at radius 2 is 1.65 bits per heavy atom. The number of hydrogen-bond acceptors (Lipinski definition) is 4. The zero-order valence-electron chi connectivity index (χ0n) is 17.6. The molecule has 8 heteroatoms. The molecule has 6 atom stereocenters. The fraction of sp³-hybridized carbons (Fsp3) is 0.609. The lowest BCUT2D eigenvalue weighted by Crippen LogP contribution is -2.37. The summed E-state index contributed by atoms with van der Waals surface area (Å²) < 4.78 is 5.40. The van der Waals surface area contributed by atoms with Crippen LogP contribution in [-0.2, 0) is 14.4 Å². The fourth-order valence-electron chi connectivity index (χ4n) is 5.39. The number of alkyl halides is 2. The molecule has 2 aliphatic carbocycles. The number of ether oxygens (including phenoxy) is 1. The van der Waals surface area contributed by atoms with Crippen LogP contribution in [0, 0.1) is 23.7 Å². The van der Waals surface area contributed by atoms with Gasteiger partial charge in [-0.15, -0.1) is 0 Å². The van der Waals surface area contributed by atoms with Crippen molar-refractivity contribution in [3.05, 3.63) is 24.3 Å². The van der Waals surface area contributed by atoms with Crippen LogP contribution in [0.4, 0.5) is 5.69 Å². The molecule has 1 aromatic carbocycles. The van der Waals surface area contributed by atoms with Crippen molar-refractivity contribution in [1.29, 1.82) is 0 Å². The van der Waals surface area contributed by atoms with Crippen molar-refractivity contribution >= 4 is 55.3 Å². The Hall–Kier alpha value is -1.41. The molecule has 4 rings (SSSR count). The van der Waals surface area contributed by atoms with Gasteiger partial charge in [0.15, 0.2) is 0 Å². The van der Waals surface area contributed by atoms with Crippen molar-refractivity contribution in [2.24, 2.45) is 23.7 Å². The van der Waals surface area contributed by atoms with Gasteiger partial charge in [-0.25, -0.2) is 0 Å². The van der Waals surface area contributed by atoms with E-state index in [0.717, 1.165) is 37.1 Å². The van der Waals surface area contributed by atoms with Crippen molar-refractivity contribution in [3.63, 3.8) is 0 Å². The number of anilines is 1. The summed E-state index contributed by atoms with van der Waals surface area (Å²) in [5.74, 6) is 1.00. The summed E-state index contributed by atoms with van der Waals surface area (Å²) in [5.41, 5.74) is 0.748. The molecule has 1 aliphatic heterocycles. The van der Waals surface area contributed by atoms with E-state index < -0.39 is 0 Å². The Morgan fingerprint density at radius 1 is 1.03 bits per heavy atom. The number of hydrogen-bond donors (Lipinski definition) is 1. The third-order valence-corrected chi connectivity index (χ3v) is 10.0. The average molecular weight is 556 g/mol. The summed E-state index contributed by atoms with van der Waals surface area (Å²) in [7, 11) is 0. The Bertz CT molecular complexity index is 814. The normalized spacial score (nSPS) is 31.3. The van der Waals surface area contributed by atoms with Crippen LogP contribution in [-0.4, -0.2) is 45.4 Å². The maximum Gasteiger partial charge on any atom is 0.233 e. The van der Waals surface area contributed by atoms with E-state index in [1.165, 1.54) is 4.90 Å². The van der Waals surface area contributed by atoms with E-state index in [-0.39, 0.29) is 51.0 Å². The third-order valence-electron chi connectivity index (χ3n) is 6.81. The molecule has 1 aromatic rings. The van der Waals surface area contributed by atoms with Gasteiger partial charge in [-0.3, -0.25) is 19.3 Å². The van der Waals surface area contributed by atoms with Gasteiger partial charge in [0.05, 0.1) is 18.4 Å². The van der Waals surface area contributed by atoms with Gasteiger partial charge in [0, 0.05) is 28.3 Å². The van der Waals surface area contributed by atoms with E-state index in [0.29, 0.717) is 19.6 Å². The fourth-order valence-corrected chi connectivity index (χ4v) is 7.26. The maximum atomic E-state index is 12.9. The molecule has 1 saturated heterocycles. The van der Waals surface area contributed by atoms with Crippen LogP contribution in [0.25, 0.3) is 0 Å². The second-order valence-corrected chi connectivity index (χ2v) is 10.8. The minimum absolute atomic E-state index is 0.0135. The number of unbranched alkanes of at least 4 members (excludes halogenated alkanes) is 2. The SMILES string of the molecule is CCOc1ccc(NC(=O)CCCCCN2C(=O)C3C4CC(C(Br)C4Br)C3C2=O)cc1. The molecule has 3 fully saturated rings. The minimum atomic E-state index is -0.143. The zero-order chi connectivity index (χ0) is 22.1. The number of likely N-dealkylation sites (tertiary alicyclic amines) is 1. The molecule has 0 radical (unpaired) electrons. The largest absolute Gasteiger partial charge is 0.494 e. The first-order chi connectivity index (χ1) is 14.9. The second kappa shape index (κ2) is 9.61. The highest BCUT2D eigenvalue weighted by atomic mass is 79.9. The lowest BCUT2D eigenvalue weighted by Gasteiger charge is -2.28. The molecule has 1 N–H and O–H groups in total. The minimum Gasteiger partial charge on any atom is -0.494 e. The van der Waals surface area contributed by atoms with E-state index in [1.807, 2.05) is 31.2 Å². The van der Waals surface area contributed by atoms with Crippen LogP contribution in [0.5, 0.6) is 5.75 Å². The predicted molar refractivity (Wildman–Crippen MR) is 125 cm³/mol. The summed E-state index contributed by atoms with van der Waals surface area (Å²) in [4.78, 5) is 39.9. The molecular formula is C23H28Br2N2O4. The molecule has 3 amide bonds. The van der Waals surface area contributed by atoms with Crippen LogP contribution >= 0.6 is 31.9 Å². The van der Waals surface area contributed by atoms with Crippen LogP contribution in [0.2, 0.25) is 0 Å². The number of fused-ring (bicyclic) bond motifs is 5. The number of carbonyl (C=O) groups excluding carboxylic acids is 3. The Labute approximate surface area is 199 Å². The molecule has 0 spiro atoms. The molecule has 1 heterocycles. The van der Waals surface area contributed by atoms with Crippen molar-refractivity contribution in [3.8, 4) is 5.75 Å². The first-order valence-electron chi connectivity index (χ1n) is 11.1. The van der Waals surface area contributed by atoms with Gasteiger partial charge < -0.3 is 10.1 Å². The van der Waals surface area contributed by atoms with Crippen molar-refractivity contribution < 1.29 is 19.1 Å². The van der Waals surface area contributed by atoms with E-state index in [9.17, 15) is 14.4 Å². The standard InChI is InChI=1S/C23H28Br2N2O4/c1-2-31-14-9-7-13(8-10-14)26-17(28)6-4-3-5-11-27-22(29)18-15-12-16(19(18)23(27)30)21(25)20(15)24/h7-10,15-16,18-21H,2-6,11-12H2,1H3,(H,26,28). The van der Waals surface area contributed by atoms with Crippen LogP contribution < -0.4 is 10.1 Å². The Balaban J connectivity index is 1.18. The van der Waals surface area contributed by atoms with Crippen LogP contribution in [0.1, 0.15) is 39.0 Å². The van der Waals surface area contributed by atoms with Crippen LogP contribution in [0.15, 0.2) is 24.3 Å². The van der Waals surface area contributed by atoms with Gasteiger partial charge in [-0.05, 0) is 62.3 Å². The van der Waals surface area contributed by atoms with Gasteiger partial charge in [0.1, 0.15) is 5.75 Å². The second-order valence-electron chi connectivity index (χ2n) is 8.65. The van der Waals surface area contributed by atoms with Gasteiger partial charge >= 0.3 is 0 Å². The molecule has 168 valence electrons. The lowest BCUT2D eigenvalue weighted by molar-refractivity contribution is -0.140. The number of imide groups is 1. The summed E-state index contributed by atoms with van der Waals surface area (Å²) in [6.45, 7) is 3.00. The third kappa shape index (κ3) is 4.42. The molecule has 0 aromatic heterocycles. The van der Waals surface area contributed by atoms with Crippen molar-refractivity contribution in [2.45, 2.75) is 48.7 Å². The summed E-state index contributed by atoms with van der Waals surface area (Å²) in [5, 5.41) is 2.89. The smallest absolute Gasteiger partial charge is 0.233 e. The maximum absolute atomic E-state index is 12.9. The Kier molecular flexibility index (Phi) is 7.06. The number of carbonyl (C=O) groups is 3. The zero-order valence-corrected chi connectivity index (χ0v) is 20.7. The van der Waals surface area contributed by atoms with E-state index >= 15 is 0 Å². The molecule has 6 nitrogen and oxygen atoms in total. The highest BCUT2D eigenvalue weighted by Gasteiger charge is 2.66. The van der Waals surface area contributed by atoms with Crippen molar-refractivity contribution in [1.82, 2.24) is 4.90 Å². The monoisotopic (exact) mass is 554 g/mol. The number of rotatable bonds is 9. The molecular weight excluding hydrogens is 528 g/mol.